The zero-order valence-electron chi connectivity index (χ0n) is 14.3. The maximum atomic E-state index is 12.8. The molecule has 1 amide bonds. The fraction of sp³-hybridized carbons (Fsp3) is 0.118. The molecule has 11 heteroatoms. The molecule has 0 spiro atoms. The highest BCUT2D eigenvalue weighted by Crippen LogP contribution is 2.29. The molecule has 0 radical (unpaired) electrons. The summed E-state index contributed by atoms with van der Waals surface area (Å²) in [5.74, 6) is -1.31. The van der Waals surface area contributed by atoms with E-state index in [1.165, 1.54) is 23.1 Å². The number of hydrogen-bond acceptors (Lipinski definition) is 5. The molecule has 0 aliphatic carbocycles. The molecule has 0 unspecified atom stereocenters. The molecule has 28 heavy (non-hydrogen) atoms. The van der Waals surface area contributed by atoms with Gasteiger partial charge in [-0.05, 0) is 12.1 Å². The molecule has 4 aromatic heterocycles. The van der Waals surface area contributed by atoms with Crippen LogP contribution < -0.4 is 5.32 Å². The van der Waals surface area contributed by atoms with Crippen LogP contribution in [0.4, 0.5) is 19.0 Å². The largest absolute Gasteiger partial charge is 0.451 e. The number of halogens is 3. The van der Waals surface area contributed by atoms with Gasteiger partial charge in [0, 0.05) is 37.1 Å². The predicted octanol–water partition coefficient (Wildman–Crippen LogP) is 3.02. The van der Waals surface area contributed by atoms with Crippen LogP contribution in [0.15, 0.2) is 43.0 Å². The summed E-state index contributed by atoms with van der Waals surface area (Å²) in [5.41, 5.74) is 1.43. The van der Waals surface area contributed by atoms with Crippen LogP contribution in [0.2, 0.25) is 0 Å². The summed E-state index contributed by atoms with van der Waals surface area (Å²) in [6.07, 6.45) is 0.906. The van der Waals surface area contributed by atoms with Crippen LogP contribution >= 0.6 is 0 Å². The first kappa shape index (κ1) is 17.6. The molecule has 0 aliphatic heterocycles. The van der Waals surface area contributed by atoms with Gasteiger partial charge in [-0.15, -0.1) is 0 Å². The lowest BCUT2D eigenvalue weighted by Gasteiger charge is -2.05. The van der Waals surface area contributed by atoms with Crippen molar-refractivity contribution < 1.29 is 18.0 Å². The number of hydrogen-bond donors (Lipinski definition) is 2. The van der Waals surface area contributed by atoms with Gasteiger partial charge >= 0.3 is 6.18 Å². The molecule has 2 N–H and O–H groups in total. The monoisotopic (exact) mass is 387 g/mol. The van der Waals surface area contributed by atoms with Crippen molar-refractivity contribution in [3.63, 3.8) is 0 Å². The number of aromatic nitrogens is 6. The first-order chi connectivity index (χ1) is 13.3. The lowest BCUT2D eigenvalue weighted by Crippen LogP contribution is -2.12. The Morgan fingerprint density at radius 3 is 2.75 bits per heavy atom. The Morgan fingerprint density at radius 1 is 1.21 bits per heavy atom. The van der Waals surface area contributed by atoms with Crippen LogP contribution in [0.3, 0.4) is 0 Å². The fourth-order valence-electron chi connectivity index (χ4n) is 2.60. The number of alkyl halides is 3. The van der Waals surface area contributed by atoms with E-state index in [4.69, 9.17) is 0 Å². The molecule has 0 atom stereocenters. The molecule has 0 fully saturated rings. The first-order valence-electron chi connectivity index (χ1n) is 7.99. The molecule has 4 aromatic rings. The fourth-order valence-corrected chi connectivity index (χ4v) is 2.60. The van der Waals surface area contributed by atoms with E-state index >= 15 is 0 Å². The van der Waals surface area contributed by atoms with E-state index in [1.54, 1.807) is 25.4 Å². The SMILES string of the molecule is Cn1cc(C(=O)Nc2cc3[nH]c(-c4ccnc(C(F)(F)F)n4)cc3cn2)cn1. The van der Waals surface area contributed by atoms with Crippen molar-refractivity contribution in [1.29, 1.82) is 0 Å². The molecule has 0 saturated carbocycles. The molecule has 142 valence electrons. The smallest absolute Gasteiger partial charge is 0.353 e. The number of pyridine rings is 1. The minimum atomic E-state index is -4.63. The van der Waals surface area contributed by atoms with Gasteiger partial charge in [0.15, 0.2) is 0 Å². The first-order valence-corrected chi connectivity index (χ1v) is 7.99. The lowest BCUT2D eigenvalue weighted by atomic mass is 10.2. The van der Waals surface area contributed by atoms with Crippen molar-refractivity contribution in [2.45, 2.75) is 6.18 Å². The quantitative estimate of drug-likeness (QED) is 0.563. The number of anilines is 1. The van der Waals surface area contributed by atoms with Crippen LogP contribution in [0.25, 0.3) is 22.3 Å². The van der Waals surface area contributed by atoms with Gasteiger partial charge in [0.1, 0.15) is 5.82 Å². The number of rotatable bonds is 3. The molecule has 0 bridgehead atoms. The summed E-state index contributed by atoms with van der Waals surface area (Å²) in [5, 5.41) is 7.23. The zero-order valence-corrected chi connectivity index (χ0v) is 14.3. The van der Waals surface area contributed by atoms with Gasteiger partial charge in [-0.25, -0.2) is 15.0 Å². The molecule has 4 rings (SSSR count). The summed E-state index contributed by atoms with van der Waals surface area (Å²) in [6, 6.07) is 4.58. The molecule has 4 heterocycles. The van der Waals surface area contributed by atoms with E-state index in [2.05, 4.69) is 30.4 Å². The molecule has 0 saturated heterocycles. The van der Waals surface area contributed by atoms with Crippen LogP contribution in [0.1, 0.15) is 16.2 Å². The van der Waals surface area contributed by atoms with Gasteiger partial charge in [0.2, 0.25) is 5.82 Å². The average molecular weight is 387 g/mol. The van der Waals surface area contributed by atoms with Crippen molar-refractivity contribution in [1.82, 2.24) is 29.7 Å². The Bertz CT molecular complexity index is 1180. The maximum absolute atomic E-state index is 12.8. The van der Waals surface area contributed by atoms with Crippen molar-refractivity contribution >= 4 is 22.6 Å². The number of carbonyl (C=O) groups is 1. The number of carbonyl (C=O) groups excluding carboxylic acids is 1. The van der Waals surface area contributed by atoms with E-state index in [1.807, 2.05) is 0 Å². The second-order valence-electron chi connectivity index (χ2n) is 5.96. The highest BCUT2D eigenvalue weighted by atomic mass is 19.4. The van der Waals surface area contributed by atoms with Crippen molar-refractivity contribution in [3.8, 4) is 11.4 Å². The van der Waals surface area contributed by atoms with E-state index in [0.717, 1.165) is 6.20 Å². The van der Waals surface area contributed by atoms with Crippen molar-refractivity contribution in [3.05, 3.63) is 54.4 Å². The Morgan fingerprint density at radius 2 is 2.04 bits per heavy atom. The molecular formula is C17H12F3N7O. The minimum Gasteiger partial charge on any atom is -0.353 e. The summed E-state index contributed by atoms with van der Waals surface area (Å²) < 4.78 is 39.9. The van der Waals surface area contributed by atoms with Gasteiger partial charge in [-0.3, -0.25) is 9.48 Å². The number of amides is 1. The number of nitrogens with one attached hydrogen (secondary N) is 2. The van der Waals surface area contributed by atoms with E-state index < -0.39 is 12.0 Å². The molecular weight excluding hydrogens is 375 g/mol. The van der Waals surface area contributed by atoms with Gasteiger partial charge in [0.05, 0.1) is 28.7 Å². The second kappa shape index (κ2) is 6.44. The van der Waals surface area contributed by atoms with Crippen molar-refractivity contribution in [2.24, 2.45) is 7.05 Å². The number of aryl methyl sites for hydroxylation is 1. The Hall–Kier alpha value is -3.76. The number of H-pyrrole nitrogens is 1. The Kier molecular flexibility index (Phi) is 4.06. The molecule has 8 nitrogen and oxygen atoms in total. The number of fused-ring (bicyclic) bond motifs is 1. The number of aromatic amines is 1. The molecule has 0 aliphatic rings. The maximum Gasteiger partial charge on any atom is 0.451 e. The van der Waals surface area contributed by atoms with E-state index in [-0.39, 0.29) is 17.4 Å². The Labute approximate surface area is 155 Å². The van der Waals surface area contributed by atoms with Gasteiger partial charge in [-0.2, -0.15) is 18.3 Å². The minimum absolute atomic E-state index is 0.0967. The summed E-state index contributed by atoms with van der Waals surface area (Å²) in [7, 11) is 1.69. The average Bonchev–Trinajstić information content (AvgIpc) is 3.27. The third-order valence-corrected chi connectivity index (χ3v) is 3.90. The van der Waals surface area contributed by atoms with Crippen LogP contribution in [0.5, 0.6) is 0 Å². The lowest BCUT2D eigenvalue weighted by molar-refractivity contribution is -0.144. The highest BCUT2D eigenvalue weighted by molar-refractivity contribution is 6.04. The Balaban J connectivity index is 1.63. The van der Waals surface area contributed by atoms with E-state index in [9.17, 15) is 18.0 Å². The van der Waals surface area contributed by atoms with Gasteiger partial charge in [-0.1, -0.05) is 0 Å². The third-order valence-electron chi connectivity index (χ3n) is 3.90. The third kappa shape index (κ3) is 3.41. The standard InChI is InChI=1S/C17H12F3N7O/c1-27-8-10(7-23-27)15(28)26-14-5-12-9(6-22-14)4-13(24-12)11-2-3-21-16(25-11)17(18,19)20/h2-8,24H,1H3,(H,22,26,28). The summed E-state index contributed by atoms with van der Waals surface area (Å²) in [4.78, 5) is 26.1. The predicted molar refractivity (Wildman–Crippen MR) is 93.3 cm³/mol. The second-order valence-corrected chi connectivity index (χ2v) is 5.96. The zero-order chi connectivity index (χ0) is 19.9. The van der Waals surface area contributed by atoms with Crippen LogP contribution in [0, 0.1) is 0 Å². The van der Waals surface area contributed by atoms with Crippen molar-refractivity contribution in [2.75, 3.05) is 5.32 Å². The normalized spacial score (nSPS) is 11.7. The van der Waals surface area contributed by atoms with E-state index in [0.29, 0.717) is 22.2 Å². The summed E-state index contributed by atoms with van der Waals surface area (Å²) >= 11 is 0. The van der Waals surface area contributed by atoms with Crippen LogP contribution in [-0.4, -0.2) is 35.6 Å². The highest BCUT2D eigenvalue weighted by Gasteiger charge is 2.34. The topological polar surface area (TPSA) is 101 Å². The van der Waals surface area contributed by atoms with Gasteiger partial charge < -0.3 is 10.3 Å². The summed E-state index contributed by atoms with van der Waals surface area (Å²) in [6.45, 7) is 0. The number of nitrogens with zero attached hydrogens (tertiary/aromatic N) is 5. The molecule has 0 aromatic carbocycles. The van der Waals surface area contributed by atoms with Gasteiger partial charge in [0.25, 0.3) is 5.91 Å². The van der Waals surface area contributed by atoms with Crippen LogP contribution in [-0.2, 0) is 13.2 Å².